The van der Waals surface area contributed by atoms with Crippen molar-refractivity contribution in [1.29, 1.82) is 0 Å². The maximum Gasteiger partial charge on any atom is 0.416 e. The Hall–Kier alpha value is -2.28. The molecule has 1 amide bonds. The van der Waals surface area contributed by atoms with Crippen molar-refractivity contribution >= 4 is 5.91 Å². The smallest absolute Gasteiger partial charge is 0.344 e. The van der Waals surface area contributed by atoms with Gasteiger partial charge in [0, 0.05) is 36.6 Å². The number of carbonyl (C=O) groups is 1. The molecular weight excluding hydrogens is 439 g/mol. The lowest BCUT2D eigenvalue weighted by molar-refractivity contribution is -0.137. The van der Waals surface area contributed by atoms with Gasteiger partial charge in [-0.1, -0.05) is 39.2 Å². The van der Waals surface area contributed by atoms with Crippen molar-refractivity contribution in [2.45, 2.75) is 85.4 Å². The van der Waals surface area contributed by atoms with E-state index in [2.05, 4.69) is 23.8 Å². The molecule has 0 atom stereocenters. The highest BCUT2D eigenvalue weighted by molar-refractivity contribution is 5.96. The monoisotopic (exact) mass is 477 g/mol. The van der Waals surface area contributed by atoms with E-state index in [0.717, 1.165) is 62.6 Å². The van der Waals surface area contributed by atoms with Crippen LogP contribution in [0.5, 0.6) is 0 Å². The fourth-order valence-electron chi connectivity index (χ4n) is 5.00. The molecule has 0 saturated heterocycles. The molecule has 0 unspecified atom stereocenters. The van der Waals surface area contributed by atoms with E-state index in [1.807, 2.05) is 18.9 Å². The van der Waals surface area contributed by atoms with Crippen LogP contribution in [0.2, 0.25) is 0 Å². The number of halogens is 3. The Kier molecular flexibility index (Phi) is 8.85. The summed E-state index contributed by atoms with van der Waals surface area (Å²) in [7, 11) is 0. The van der Waals surface area contributed by atoms with Gasteiger partial charge >= 0.3 is 6.18 Å². The minimum Gasteiger partial charge on any atom is -0.344 e. The van der Waals surface area contributed by atoms with Crippen LogP contribution in [0.25, 0.3) is 11.3 Å². The molecule has 1 aliphatic carbocycles. The molecule has 7 heteroatoms. The molecule has 1 aliphatic rings. The number of aryl methyl sites for hydroxylation is 1. The van der Waals surface area contributed by atoms with Gasteiger partial charge in [-0.25, -0.2) is 5.01 Å². The lowest BCUT2D eigenvalue weighted by Crippen LogP contribution is -2.43. The van der Waals surface area contributed by atoms with Crippen molar-refractivity contribution in [2.24, 2.45) is 5.92 Å². The second-order valence-electron chi connectivity index (χ2n) is 9.60. The van der Waals surface area contributed by atoms with Gasteiger partial charge in [0.05, 0.1) is 11.1 Å². The predicted octanol–water partition coefficient (Wildman–Crippen LogP) is 7.14. The number of hydrogen-bond donors (Lipinski definition) is 1. The zero-order chi connectivity index (χ0) is 24.9. The van der Waals surface area contributed by atoms with E-state index in [0.29, 0.717) is 22.7 Å². The third-order valence-corrected chi connectivity index (χ3v) is 6.86. The van der Waals surface area contributed by atoms with E-state index in [1.165, 1.54) is 31.4 Å². The minimum absolute atomic E-state index is 0.201. The highest BCUT2D eigenvalue weighted by atomic mass is 19.4. The Bertz CT molecular complexity index is 968. The van der Waals surface area contributed by atoms with Crippen LogP contribution >= 0.6 is 0 Å². The summed E-state index contributed by atoms with van der Waals surface area (Å²) in [6.07, 6.45) is 3.23. The molecule has 1 heterocycles. The van der Waals surface area contributed by atoms with Crippen LogP contribution in [-0.4, -0.2) is 28.6 Å². The molecule has 0 spiro atoms. The van der Waals surface area contributed by atoms with Crippen LogP contribution < -0.4 is 5.43 Å². The number of carbonyl (C=O) groups excluding carboxylic acids is 1. The van der Waals surface area contributed by atoms with Gasteiger partial charge < -0.3 is 4.57 Å². The van der Waals surface area contributed by atoms with Crippen LogP contribution in [0.15, 0.2) is 24.3 Å². The van der Waals surface area contributed by atoms with Crippen molar-refractivity contribution in [2.75, 3.05) is 13.1 Å². The number of rotatable bonds is 9. The maximum absolute atomic E-state index is 13.5. The standard InChI is InChI=1S/C27H38F3N3O/c1-5-14-32(15-6-2)31-26(34)24-17-25(23-16-22(27(28,29)30)13-12-19(23)3)33(20(24)4)18-21-10-8-7-9-11-21/h12-13,16-17,21H,5-11,14-15,18H2,1-4H3,(H,31,34). The van der Waals surface area contributed by atoms with E-state index < -0.39 is 11.7 Å². The average molecular weight is 478 g/mol. The molecule has 1 aromatic heterocycles. The average Bonchev–Trinajstić information content (AvgIpc) is 3.10. The molecule has 34 heavy (non-hydrogen) atoms. The summed E-state index contributed by atoms with van der Waals surface area (Å²) in [4.78, 5) is 13.3. The number of hydrogen-bond acceptors (Lipinski definition) is 2. The lowest BCUT2D eigenvalue weighted by Gasteiger charge is -2.25. The predicted molar refractivity (Wildman–Crippen MR) is 131 cm³/mol. The fourth-order valence-corrected chi connectivity index (χ4v) is 5.00. The van der Waals surface area contributed by atoms with E-state index in [-0.39, 0.29) is 5.91 Å². The van der Waals surface area contributed by atoms with E-state index in [4.69, 9.17) is 0 Å². The molecule has 0 bridgehead atoms. The Balaban J connectivity index is 2.05. The second-order valence-corrected chi connectivity index (χ2v) is 9.60. The SMILES string of the molecule is CCCN(CCC)NC(=O)c1cc(-c2cc(C(F)(F)F)ccc2C)n(CC2CCCCC2)c1C. The summed E-state index contributed by atoms with van der Waals surface area (Å²) in [5.41, 5.74) is 5.68. The number of alkyl halides is 3. The molecule has 1 N–H and O–H groups in total. The Morgan fingerprint density at radius 2 is 1.71 bits per heavy atom. The molecule has 2 aromatic rings. The number of benzene rings is 1. The van der Waals surface area contributed by atoms with Crippen molar-refractivity contribution in [3.63, 3.8) is 0 Å². The summed E-state index contributed by atoms with van der Waals surface area (Å²) in [6, 6.07) is 5.66. The number of nitrogens with zero attached hydrogens (tertiary/aromatic N) is 2. The van der Waals surface area contributed by atoms with Crippen LogP contribution in [0.4, 0.5) is 13.2 Å². The first-order valence-corrected chi connectivity index (χ1v) is 12.6. The van der Waals surface area contributed by atoms with Gasteiger partial charge in [0.1, 0.15) is 0 Å². The number of amides is 1. The largest absolute Gasteiger partial charge is 0.416 e. The summed E-state index contributed by atoms with van der Waals surface area (Å²) >= 11 is 0. The number of aromatic nitrogens is 1. The molecule has 3 rings (SSSR count). The molecule has 188 valence electrons. The van der Waals surface area contributed by atoms with Crippen LogP contribution in [-0.2, 0) is 12.7 Å². The lowest BCUT2D eigenvalue weighted by atomic mass is 9.89. The summed E-state index contributed by atoms with van der Waals surface area (Å²) in [6.45, 7) is 10.1. The first-order chi connectivity index (χ1) is 16.2. The topological polar surface area (TPSA) is 37.3 Å². The normalized spacial score (nSPS) is 15.2. The van der Waals surface area contributed by atoms with Gasteiger partial charge in [0.2, 0.25) is 0 Å². The molecule has 4 nitrogen and oxygen atoms in total. The first-order valence-electron chi connectivity index (χ1n) is 12.6. The van der Waals surface area contributed by atoms with E-state index >= 15 is 0 Å². The summed E-state index contributed by atoms with van der Waals surface area (Å²) < 4.78 is 42.6. The Morgan fingerprint density at radius 3 is 2.29 bits per heavy atom. The highest BCUT2D eigenvalue weighted by Gasteiger charge is 2.32. The molecule has 0 aliphatic heterocycles. The van der Waals surface area contributed by atoms with E-state index in [1.54, 1.807) is 6.07 Å². The van der Waals surface area contributed by atoms with Crippen molar-refractivity contribution in [3.8, 4) is 11.3 Å². The zero-order valence-corrected chi connectivity index (χ0v) is 20.9. The van der Waals surface area contributed by atoms with Gasteiger partial charge in [-0.2, -0.15) is 13.2 Å². The molecule has 0 radical (unpaired) electrons. The van der Waals surface area contributed by atoms with Gasteiger partial charge in [-0.05, 0) is 69.2 Å². The summed E-state index contributed by atoms with van der Waals surface area (Å²) in [5.74, 6) is 0.268. The second kappa shape index (κ2) is 11.4. The summed E-state index contributed by atoms with van der Waals surface area (Å²) in [5, 5.41) is 1.93. The van der Waals surface area contributed by atoms with Crippen LogP contribution in [0, 0.1) is 19.8 Å². The quantitative estimate of drug-likeness (QED) is 0.390. The van der Waals surface area contributed by atoms with Crippen molar-refractivity contribution < 1.29 is 18.0 Å². The molecule has 1 fully saturated rings. The third-order valence-electron chi connectivity index (χ3n) is 6.86. The molecular formula is C27H38F3N3O. The minimum atomic E-state index is -4.42. The molecule has 1 aromatic carbocycles. The third kappa shape index (κ3) is 6.23. The van der Waals surface area contributed by atoms with Crippen LogP contribution in [0.3, 0.4) is 0 Å². The fraction of sp³-hybridized carbons (Fsp3) is 0.593. The first kappa shape index (κ1) is 26.3. The van der Waals surface area contributed by atoms with Gasteiger partial charge in [-0.3, -0.25) is 10.2 Å². The van der Waals surface area contributed by atoms with Gasteiger partial charge in [-0.15, -0.1) is 0 Å². The molecule has 1 saturated carbocycles. The van der Waals surface area contributed by atoms with Crippen molar-refractivity contribution in [3.05, 3.63) is 46.6 Å². The Labute approximate surface area is 201 Å². The number of hydrazine groups is 1. The van der Waals surface area contributed by atoms with Gasteiger partial charge in [0.25, 0.3) is 5.91 Å². The van der Waals surface area contributed by atoms with E-state index in [9.17, 15) is 18.0 Å². The maximum atomic E-state index is 13.5. The van der Waals surface area contributed by atoms with Crippen molar-refractivity contribution in [1.82, 2.24) is 15.0 Å². The van der Waals surface area contributed by atoms with Crippen LogP contribution in [0.1, 0.15) is 86.0 Å². The zero-order valence-electron chi connectivity index (χ0n) is 20.9. The Morgan fingerprint density at radius 1 is 1.06 bits per heavy atom. The highest BCUT2D eigenvalue weighted by Crippen LogP contribution is 2.36. The van der Waals surface area contributed by atoms with Gasteiger partial charge in [0.15, 0.2) is 0 Å². The number of nitrogens with one attached hydrogen (secondary N) is 1.